The standard InChI is InChI=1S/C10H10N4O2/c1-7-2-3-8(14(15)16)9(6-7)13-10(11)4-5-12-13/h2-6H,11H2,1H3. The van der Waals surface area contributed by atoms with Crippen molar-refractivity contribution in [2.45, 2.75) is 6.92 Å². The molecule has 1 heterocycles. The van der Waals surface area contributed by atoms with Crippen molar-refractivity contribution in [2.24, 2.45) is 0 Å². The molecule has 0 unspecified atom stereocenters. The van der Waals surface area contributed by atoms with Crippen LogP contribution in [0.1, 0.15) is 5.56 Å². The molecule has 2 N–H and O–H groups in total. The molecule has 0 radical (unpaired) electrons. The van der Waals surface area contributed by atoms with Crippen LogP contribution < -0.4 is 5.73 Å². The van der Waals surface area contributed by atoms with E-state index in [-0.39, 0.29) is 5.69 Å². The molecule has 0 spiro atoms. The van der Waals surface area contributed by atoms with Crippen LogP contribution in [-0.4, -0.2) is 14.7 Å². The molecular weight excluding hydrogens is 208 g/mol. The van der Waals surface area contributed by atoms with E-state index in [1.807, 2.05) is 6.92 Å². The van der Waals surface area contributed by atoms with Crippen LogP contribution in [0.15, 0.2) is 30.5 Å². The molecule has 0 aliphatic rings. The Labute approximate surface area is 91.5 Å². The minimum Gasteiger partial charge on any atom is -0.384 e. The summed E-state index contributed by atoms with van der Waals surface area (Å²) in [4.78, 5) is 10.4. The molecule has 0 saturated carbocycles. The number of nitrogens with two attached hydrogens (primary N) is 1. The van der Waals surface area contributed by atoms with Gasteiger partial charge in [-0.05, 0) is 18.6 Å². The first-order valence-electron chi connectivity index (χ1n) is 4.64. The molecule has 0 amide bonds. The summed E-state index contributed by atoms with van der Waals surface area (Å²) in [6.07, 6.45) is 1.50. The molecular formula is C10H10N4O2. The molecule has 6 nitrogen and oxygen atoms in total. The zero-order chi connectivity index (χ0) is 11.7. The fraction of sp³-hybridized carbons (Fsp3) is 0.100. The van der Waals surface area contributed by atoms with E-state index >= 15 is 0 Å². The van der Waals surface area contributed by atoms with Crippen molar-refractivity contribution in [2.75, 3.05) is 5.73 Å². The van der Waals surface area contributed by atoms with Gasteiger partial charge in [0.1, 0.15) is 11.5 Å². The predicted molar refractivity (Wildman–Crippen MR) is 59.4 cm³/mol. The van der Waals surface area contributed by atoms with Gasteiger partial charge in [0.25, 0.3) is 5.69 Å². The van der Waals surface area contributed by atoms with E-state index in [9.17, 15) is 10.1 Å². The maximum Gasteiger partial charge on any atom is 0.294 e. The number of nitro benzene ring substituents is 1. The number of benzene rings is 1. The van der Waals surface area contributed by atoms with E-state index in [1.54, 1.807) is 18.2 Å². The second-order valence-corrected chi connectivity index (χ2v) is 3.42. The van der Waals surface area contributed by atoms with Crippen LogP contribution in [0.5, 0.6) is 0 Å². The highest BCUT2D eigenvalue weighted by Crippen LogP contribution is 2.25. The van der Waals surface area contributed by atoms with Crippen LogP contribution in [-0.2, 0) is 0 Å². The Hall–Kier alpha value is -2.37. The van der Waals surface area contributed by atoms with Crippen molar-refractivity contribution in [3.63, 3.8) is 0 Å². The molecule has 1 aromatic carbocycles. The Morgan fingerprint density at radius 2 is 2.19 bits per heavy atom. The highest BCUT2D eigenvalue weighted by molar-refractivity contribution is 5.56. The van der Waals surface area contributed by atoms with Crippen molar-refractivity contribution in [3.8, 4) is 5.69 Å². The number of rotatable bonds is 2. The molecule has 0 fully saturated rings. The maximum absolute atomic E-state index is 10.9. The molecule has 0 atom stereocenters. The van der Waals surface area contributed by atoms with Gasteiger partial charge in [0.15, 0.2) is 0 Å². The molecule has 0 aliphatic carbocycles. The molecule has 82 valence electrons. The third kappa shape index (κ3) is 1.60. The fourth-order valence-corrected chi connectivity index (χ4v) is 1.47. The van der Waals surface area contributed by atoms with Crippen molar-refractivity contribution in [1.82, 2.24) is 9.78 Å². The lowest BCUT2D eigenvalue weighted by Crippen LogP contribution is -2.05. The summed E-state index contributed by atoms with van der Waals surface area (Å²) in [6.45, 7) is 1.85. The van der Waals surface area contributed by atoms with E-state index in [0.29, 0.717) is 11.5 Å². The van der Waals surface area contributed by atoms with Gasteiger partial charge in [-0.1, -0.05) is 6.07 Å². The quantitative estimate of drug-likeness (QED) is 0.613. The van der Waals surface area contributed by atoms with E-state index in [1.165, 1.54) is 16.9 Å². The minimum atomic E-state index is -0.449. The number of anilines is 1. The summed E-state index contributed by atoms with van der Waals surface area (Å²) in [5.41, 5.74) is 6.95. The molecule has 0 saturated heterocycles. The first-order chi connectivity index (χ1) is 7.59. The number of hydrogen-bond acceptors (Lipinski definition) is 4. The molecule has 0 bridgehead atoms. The number of nitrogen functional groups attached to an aromatic ring is 1. The summed E-state index contributed by atoms with van der Waals surface area (Å²) < 4.78 is 1.35. The molecule has 16 heavy (non-hydrogen) atoms. The summed E-state index contributed by atoms with van der Waals surface area (Å²) in [6, 6.07) is 6.40. The van der Waals surface area contributed by atoms with Gasteiger partial charge in [-0.3, -0.25) is 10.1 Å². The van der Waals surface area contributed by atoms with Crippen molar-refractivity contribution in [1.29, 1.82) is 0 Å². The van der Waals surface area contributed by atoms with Gasteiger partial charge >= 0.3 is 0 Å². The van der Waals surface area contributed by atoms with Crippen molar-refractivity contribution >= 4 is 11.5 Å². The molecule has 1 aromatic heterocycles. The van der Waals surface area contributed by atoms with E-state index in [0.717, 1.165) is 5.56 Å². The van der Waals surface area contributed by atoms with Crippen LogP contribution in [0, 0.1) is 17.0 Å². The van der Waals surface area contributed by atoms with Crippen molar-refractivity contribution in [3.05, 3.63) is 46.1 Å². The topological polar surface area (TPSA) is 87.0 Å². The molecule has 2 aromatic rings. The third-order valence-corrected chi connectivity index (χ3v) is 2.23. The Morgan fingerprint density at radius 3 is 2.75 bits per heavy atom. The van der Waals surface area contributed by atoms with E-state index in [2.05, 4.69) is 5.10 Å². The fourth-order valence-electron chi connectivity index (χ4n) is 1.47. The smallest absolute Gasteiger partial charge is 0.294 e. The van der Waals surface area contributed by atoms with Crippen molar-refractivity contribution < 1.29 is 4.92 Å². The average Bonchev–Trinajstić information content (AvgIpc) is 2.63. The Kier molecular flexibility index (Phi) is 2.32. The summed E-state index contributed by atoms with van der Waals surface area (Å²) >= 11 is 0. The number of hydrogen-bond donors (Lipinski definition) is 1. The van der Waals surface area contributed by atoms with Crippen LogP contribution in [0.4, 0.5) is 11.5 Å². The number of nitro groups is 1. The number of aromatic nitrogens is 2. The van der Waals surface area contributed by atoms with Gasteiger partial charge in [0, 0.05) is 12.1 Å². The Morgan fingerprint density at radius 1 is 1.44 bits per heavy atom. The number of nitrogens with zero attached hydrogens (tertiary/aromatic N) is 3. The summed E-state index contributed by atoms with van der Waals surface area (Å²) in [7, 11) is 0. The monoisotopic (exact) mass is 218 g/mol. The van der Waals surface area contributed by atoms with Crippen LogP contribution in [0.25, 0.3) is 5.69 Å². The van der Waals surface area contributed by atoms with Gasteiger partial charge in [0.05, 0.1) is 11.1 Å². The zero-order valence-corrected chi connectivity index (χ0v) is 8.62. The first-order valence-corrected chi connectivity index (χ1v) is 4.64. The highest BCUT2D eigenvalue weighted by Gasteiger charge is 2.16. The van der Waals surface area contributed by atoms with Gasteiger partial charge in [0.2, 0.25) is 0 Å². The predicted octanol–water partition coefficient (Wildman–Crippen LogP) is 1.67. The number of aryl methyl sites for hydroxylation is 1. The first kappa shape index (κ1) is 10.2. The Bertz CT molecular complexity index is 548. The maximum atomic E-state index is 10.9. The van der Waals surface area contributed by atoms with Crippen LogP contribution >= 0.6 is 0 Å². The van der Waals surface area contributed by atoms with Crippen LogP contribution in [0.2, 0.25) is 0 Å². The largest absolute Gasteiger partial charge is 0.384 e. The molecule has 6 heteroatoms. The average molecular weight is 218 g/mol. The second-order valence-electron chi connectivity index (χ2n) is 3.42. The van der Waals surface area contributed by atoms with Gasteiger partial charge in [-0.15, -0.1) is 0 Å². The van der Waals surface area contributed by atoms with Gasteiger partial charge in [-0.2, -0.15) is 5.10 Å². The lowest BCUT2D eigenvalue weighted by atomic mass is 10.2. The van der Waals surface area contributed by atoms with E-state index in [4.69, 9.17) is 5.73 Å². The summed E-state index contributed by atoms with van der Waals surface area (Å²) in [5, 5.41) is 14.8. The normalized spacial score (nSPS) is 10.3. The Balaban J connectivity index is 2.67. The highest BCUT2D eigenvalue weighted by atomic mass is 16.6. The second kappa shape index (κ2) is 3.65. The minimum absolute atomic E-state index is 0.0130. The lowest BCUT2D eigenvalue weighted by Gasteiger charge is -2.05. The molecule has 0 aliphatic heterocycles. The van der Waals surface area contributed by atoms with Gasteiger partial charge in [-0.25, -0.2) is 4.68 Å². The van der Waals surface area contributed by atoms with Crippen LogP contribution in [0.3, 0.4) is 0 Å². The lowest BCUT2D eigenvalue weighted by molar-refractivity contribution is -0.384. The third-order valence-electron chi connectivity index (χ3n) is 2.23. The van der Waals surface area contributed by atoms with Gasteiger partial charge < -0.3 is 5.73 Å². The SMILES string of the molecule is Cc1ccc([N+](=O)[O-])c(-n2nccc2N)c1. The summed E-state index contributed by atoms with van der Waals surface area (Å²) in [5.74, 6) is 0.369. The zero-order valence-electron chi connectivity index (χ0n) is 8.62. The molecule has 2 rings (SSSR count). The van der Waals surface area contributed by atoms with E-state index < -0.39 is 4.92 Å².